The lowest BCUT2D eigenvalue weighted by Gasteiger charge is -2.12. The Morgan fingerprint density at radius 2 is 1.73 bits per heavy atom. The van der Waals surface area contributed by atoms with E-state index in [1.807, 2.05) is 32.0 Å². The standard InChI is InChI=1S/C18H16ClN5O2/c1-11-5-3-8-15(12(11)2)23-18-16(24(25)26)17(20-10-21-18)22-14-7-4-6-13(19)9-14/h3-10H,1-2H3,(H2,20,21,22,23). The summed E-state index contributed by atoms with van der Waals surface area (Å²) >= 11 is 5.97. The minimum absolute atomic E-state index is 0.0834. The predicted molar refractivity (Wildman–Crippen MR) is 103 cm³/mol. The number of aryl methyl sites for hydroxylation is 1. The average Bonchev–Trinajstić information content (AvgIpc) is 2.59. The summed E-state index contributed by atoms with van der Waals surface area (Å²) in [4.78, 5) is 19.2. The topological polar surface area (TPSA) is 93.0 Å². The van der Waals surface area contributed by atoms with E-state index in [4.69, 9.17) is 11.6 Å². The number of nitrogens with zero attached hydrogens (tertiary/aromatic N) is 3. The number of halogens is 1. The van der Waals surface area contributed by atoms with Crippen molar-refractivity contribution in [2.24, 2.45) is 0 Å². The van der Waals surface area contributed by atoms with Gasteiger partial charge in [-0.3, -0.25) is 10.1 Å². The molecule has 8 heteroatoms. The molecule has 26 heavy (non-hydrogen) atoms. The fraction of sp³-hybridized carbons (Fsp3) is 0.111. The lowest BCUT2D eigenvalue weighted by atomic mass is 10.1. The molecule has 0 saturated carbocycles. The van der Waals surface area contributed by atoms with Crippen molar-refractivity contribution in [3.8, 4) is 0 Å². The van der Waals surface area contributed by atoms with Crippen LogP contribution in [0.25, 0.3) is 0 Å². The van der Waals surface area contributed by atoms with Crippen molar-refractivity contribution < 1.29 is 4.92 Å². The highest BCUT2D eigenvalue weighted by atomic mass is 35.5. The van der Waals surface area contributed by atoms with E-state index in [1.165, 1.54) is 6.33 Å². The minimum atomic E-state index is -0.514. The van der Waals surface area contributed by atoms with Gasteiger partial charge in [-0.2, -0.15) is 0 Å². The summed E-state index contributed by atoms with van der Waals surface area (Å²) < 4.78 is 0. The monoisotopic (exact) mass is 369 g/mol. The molecule has 0 aliphatic rings. The molecule has 0 saturated heterocycles. The summed E-state index contributed by atoms with van der Waals surface area (Å²) in [5.74, 6) is 0.198. The molecule has 0 aliphatic carbocycles. The third-order valence-electron chi connectivity index (χ3n) is 3.95. The van der Waals surface area contributed by atoms with Crippen LogP contribution in [-0.4, -0.2) is 14.9 Å². The molecule has 0 radical (unpaired) electrons. The van der Waals surface area contributed by atoms with Crippen LogP contribution < -0.4 is 10.6 Å². The Morgan fingerprint density at radius 1 is 1.04 bits per heavy atom. The fourth-order valence-corrected chi connectivity index (χ4v) is 2.64. The number of nitrogens with one attached hydrogen (secondary N) is 2. The quantitative estimate of drug-likeness (QED) is 0.477. The van der Waals surface area contributed by atoms with Gasteiger partial charge in [0.25, 0.3) is 0 Å². The molecule has 0 bridgehead atoms. The molecule has 2 aromatic carbocycles. The molecular formula is C18H16ClN5O2. The smallest absolute Gasteiger partial charge is 0.334 e. The van der Waals surface area contributed by atoms with Crippen LogP contribution in [0, 0.1) is 24.0 Å². The zero-order valence-electron chi connectivity index (χ0n) is 14.2. The number of anilines is 4. The van der Waals surface area contributed by atoms with Gasteiger partial charge in [0, 0.05) is 16.4 Å². The Morgan fingerprint density at radius 3 is 2.42 bits per heavy atom. The van der Waals surface area contributed by atoms with Crippen LogP contribution in [0.1, 0.15) is 11.1 Å². The number of aromatic nitrogens is 2. The van der Waals surface area contributed by atoms with E-state index in [1.54, 1.807) is 24.3 Å². The predicted octanol–water partition coefficient (Wildman–Crippen LogP) is 5.14. The maximum absolute atomic E-state index is 11.7. The van der Waals surface area contributed by atoms with E-state index in [9.17, 15) is 10.1 Å². The van der Waals surface area contributed by atoms with Crippen molar-refractivity contribution in [2.75, 3.05) is 10.6 Å². The highest BCUT2D eigenvalue weighted by Crippen LogP contribution is 2.34. The first kappa shape index (κ1) is 17.6. The van der Waals surface area contributed by atoms with Crippen molar-refractivity contribution >= 4 is 40.3 Å². The van der Waals surface area contributed by atoms with Gasteiger partial charge in [-0.15, -0.1) is 0 Å². The molecule has 0 fully saturated rings. The SMILES string of the molecule is Cc1cccc(Nc2ncnc(Nc3cccc(Cl)c3)c2[N+](=O)[O-])c1C. The van der Waals surface area contributed by atoms with Crippen molar-refractivity contribution in [3.63, 3.8) is 0 Å². The van der Waals surface area contributed by atoms with Gasteiger partial charge in [0.15, 0.2) is 0 Å². The Bertz CT molecular complexity index is 978. The van der Waals surface area contributed by atoms with E-state index in [2.05, 4.69) is 20.6 Å². The van der Waals surface area contributed by atoms with Gasteiger partial charge in [0.05, 0.1) is 4.92 Å². The largest absolute Gasteiger partial charge is 0.353 e. The summed E-state index contributed by atoms with van der Waals surface area (Å²) in [6.07, 6.45) is 1.27. The van der Waals surface area contributed by atoms with Gasteiger partial charge in [-0.25, -0.2) is 9.97 Å². The first-order valence-electron chi connectivity index (χ1n) is 7.81. The maximum atomic E-state index is 11.7. The molecule has 3 aromatic rings. The number of rotatable bonds is 5. The van der Waals surface area contributed by atoms with E-state index in [0.717, 1.165) is 16.8 Å². The van der Waals surface area contributed by atoms with E-state index < -0.39 is 4.92 Å². The second kappa shape index (κ2) is 7.37. The number of hydrogen-bond donors (Lipinski definition) is 2. The lowest BCUT2D eigenvalue weighted by molar-refractivity contribution is -0.383. The lowest BCUT2D eigenvalue weighted by Crippen LogP contribution is -2.06. The van der Waals surface area contributed by atoms with Crippen molar-refractivity contribution in [1.82, 2.24) is 9.97 Å². The maximum Gasteiger partial charge on any atom is 0.353 e. The molecule has 3 rings (SSSR count). The number of hydrogen-bond acceptors (Lipinski definition) is 6. The highest BCUT2D eigenvalue weighted by Gasteiger charge is 2.23. The van der Waals surface area contributed by atoms with Gasteiger partial charge in [0.1, 0.15) is 6.33 Å². The summed E-state index contributed by atoms with van der Waals surface area (Å²) in [5.41, 5.74) is 3.17. The summed E-state index contributed by atoms with van der Waals surface area (Å²) in [6.45, 7) is 3.91. The van der Waals surface area contributed by atoms with Crippen molar-refractivity contribution in [2.45, 2.75) is 13.8 Å². The Kier molecular flexibility index (Phi) is 4.99. The second-order valence-electron chi connectivity index (χ2n) is 5.68. The number of benzene rings is 2. The summed E-state index contributed by atoms with van der Waals surface area (Å²) in [5, 5.41) is 18.1. The second-order valence-corrected chi connectivity index (χ2v) is 6.12. The summed E-state index contributed by atoms with van der Waals surface area (Å²) in [6, 6.07) is 12.6. The van der Waals surface area contributed by atoms with Crippen LogP contribution in [0.3, 0.4) is 0 Å². The van der Waals surface area contributed by atoms with Gasteiger partial charge in [0.2, 0.25) is 11.6 Å². The molecule has 132 valence electrons. The molecule has 7 nitrogen and oxygen atoms in total. The van der Waals surface area contributed by atoms with Crippen LogP contribution in [0.5, 0.6) is 0 Å². The molecule has 1 heterocycles. The molecule has 0 aliphatic heterocycles. The first-order valence-corrected chi connectivity index (χ1v) is 8.18. The van der Waals surface area contributed by atoms with Crippen molar-refractivity contribution in [1.29, 1.82) is 0 Å². The molecule has 0 spiro atoms. The van der Waals surface area contributed by atoms with E-state index >= 15 is 0 Å². The van der Waals surface area contributed by atoms with Crippen molar-refractivity contribution in [3.05, 3.63) is 75.1 Å². The van der Waals surface area contributed by atoms with Crippen LogP contribution in [0.15, 0.2) is 48.8 Å². The number of nitro groups is 1. The Balaban J connectivity index is 2.01. The molecule has 0 amide bonds. The average molecular weight is 370 g/mol. The highest BCUT2D eigenvalue weighted by molar-refractivity contribution is 6.30. The molecule has 0 unspecified atom stereocenters. The molecular weight excluding hydrogens is 354 g/mol. The third-order valence-corrected chi connectivity index (χ3v) is 4.19. The van der Waals surface area contributed by atoms with Gasteiger partial charge in [-0.05, 0) is 49.2 Å². The summed E-state index contributed by atoms with van der Waals surface area (Å²) in [7, 11) is 0. The van der Waals surface area contributed by atoms with Gasteiger partial charge >= 0.3 is 5.69 Å². The van der Waals surface area contributed by atoms with E-state index in [0.29, 0.717) is 10.7 Å². The normalized spacial score (nSPS) is 10.4. The third kappa shape index (κ3) is 3.73. The fourth-order valence-electron chi connectivity index (χ4n) is 2.45. The van der Waals surface area contributed by atoms with E-state index in [-0.39, 0.29) is 17.3 Å². The zero-order chi connectivity index (χ0) is 18.7. The van der Waals surface area contributed by atoms with Gasteiger partial charge < -0.3 is 10.6 Å². The molecule has 2 N–H and O–H groups in total. The zero-order valence-corrected chi connectivity index (χ0v) is 14.9. The van der Waals surface area contributed by atoms with Crippen LogP contribution in [0.2, 0.25) is 5.02 Å². The van der Waals surface area contributed by atoms with Crippen LogP contribution in [0.4, 0.5) is 28.7 Å². The van der Waals surface area contributed by atoms with Crippen LogP contribution >= 0.6 is 11.6 Å². The Hall–Kier alpha value is -3.19. The molecule has 1 aromatic heterocycles. The van der Waals surface area contributed by atoms with Crippen LogP contribution in [-0.2, 0) is 0 Å². The Labute approximate surface area is 155 Å². The van der Waals surface area contributed by atoms with Gasteiger partial charge in [-0.1, -0.05) is 29.8 Å². The minimum Gasteiger partial charge on any atom is -0.334 e. The first-order chi connectivity index (χ1) is 12.5. The molecule has 0 atom stereocenters.